The number of esters is 1. The monoisotopic (exact) mass is 258 g/mol. The molecule has 1 fully saturated rings. The molecule has 4 nitrogen and oxygen atoms in total. The fourth-order valence-corrected chi connectivity index (χ4v) is 2.48. The van der Waals surface area contributed by atoms with E-state index in [4.69, 9.17) is 9.84 Å². The summed E-state index contributed by atoms with van der Waals surface area (Å²) in [7, 11) is 0. The second-order valence-electron chi connectivity index (χ2n) is 5.70. The Hall–Kier alpha value is -0.610. The summed E-state index contributed by atoms with van der Waals surface area (Å²) in [4.78, 5) is 11.5. The van der Waals surface area contributed by atoms with Gasteiger partial charge in [-0.1, -0.05) is 39.5 Å². The minimum atomic E-state index is -0.670. The van der Waals surface area contributed by atoms with Gasteiger partial charge in [0.15, 0.2) is 0 Å². The molecular formula is C14H26O4. The van der Waals surface area contributed by atoms with E-state index in [1.165, 1.54) is 12.8 Å². The predicted octanol–water partition coefficient (Wildman–Crippen LogP) is 1.74. The van der Waals surface area contributed by atoms with Crippen LogP contribution in [0.4, 0.5) is 0 Å². The lowest BCUT2D eigenvalue weighted by Gasteiger charge is -2.19. The first-order valence-electron chi connectivity index (χ1n) is 7.01. The van der Waals surface area contributed by atoms with Gasteiger partial charge in [-0.15, -0.1) is 0 Å². The van der Waals surface area contributed by atoms with Crippen molar-refractivity contribution in [3.8, 4) is 0 Å². The SMILES string of the molecule is CC(C)CCCCC[C@@H](O)[C@H]1C(=O)OC[C@H]1CO. The molecule has 106 valence electrons. The minimum absolute atomic E-state index is 0.0964. The number of carbonyl (C=O) groups excluding carboxylic acids is 1. The molecule has 0 unspecified atom stereocenters. The Balaban J connectivity index is 2.23. The van der Waals surface area contributed by atoms with Crippen LogP contribution in [-0.4, -0.2) is 35.5 Å². The number of unbranched alkanes of at least 4 members (excludes halogenated alkanes) is 2. The molecule has 4 heteroatoms. The summed E-state index contributed by atoms with van der Waals surface area (Å²) in [5, 5.41) is 19.1. The molecule has 0 radical (unpaired) electrons. The topological polar surface area (TPSA) is 66.8 Å². The van der Waals surface area contributed by atoms with Crippen molar-refractivity contribution in [3.63, 3.8) is 0 Å². The molecule has 1 saturated heterocycles. The van der Waals surface area contributed by atoms with Crippen LogP contribution < -0.4 is 0 Å². The van der Waals surface area contributed by atoms with Crippen LogP contribution in [0.3, 0.4) is 0 Å². The summed E-state index contributed by atoms with van der Waals surface area (Å²) in [5.74, 6) is -0.398. The number of carbonyl (C=O) groups is 1. The van der Waals surface area contributed by atoms with Crippen molar-refractivity contribution in [3.05, 3.63) is 0 Å². The maximum Gasteiger partial charge on any atom is 0.312 e. The zero-order valence-corrected chi connectivity index (χ0v) is 11.5. The van der Waals surface area contributed by atoms with Crippen LogP contribution in [0.1, 0.15) is 46.0 Å². The molecule has 0 saturated carbocycles. The molecule has 0 aromatic heterocycles. The number of hydrogen-bond donors (Lipinski definition) is 2. The van der Waals surface area contributed by atoms with E-state index < -0.39 is 12.0 Å². The fraction of sp³-hybridized carbons (Fsp3) is 0.929. The van der Waals surface area contributed by atoms with Gasteiger partial charge in [-0.3, -0.25) is 4.79 Å². The first-order chi connectivity index (χ1) is 8.56. The Bertz CT molecular complexity index is 252. The van der Waals surface area contributed by atoms with Crippen molar-refractivity contribution >= 4 is 5.97 Å². The van der Waals surface area contributed by atoms with Crippen LogP contribution in [0.15, 0.2) is 0 Å². The molecule has 18 heavy (non-hydrogen) atoms. The molecule has 1 heterocycles. The van der Waals surface area contributed by atoms with Crippen LogP contribution in [-0.2, 0) is 9.53 Å². The first kappa shape index (κ1) is 15.4. The summed E-state index contributed by atoms with van der Waals surface area (Å²) in [6.45, 7) is 4.55. The van der Waals surface area contributed by atoms with Crippen molar-refractivity contribution in [2.45, 2.75) is 52.1 Å². The number of ether oxygens (including phenoxy) is 1. The first-order valence-corrected chi connectivity index (χ1v) is 7.01. The predicted molar refractivity (Wildman–Crippen MR) is 69.0 cm³/mol. The van der Waals surface area contributed by atoms with E-state index in [1.807, 2.05) is 0 Å². The molecule has 0 bridgehead atoms. The van der Waals surface area contributed by atoms with Crippen molar-refractivity contribution in [1.29, 1.82) is 0 Å². The highest BCUT2D eigenvalue weighted by atomic mass is 16.5. The molecule has 0 spiro atoms. The van der Waals surface area contributed by atoms with Gasteiger partial charge in [-0.05, 0) is 12.3 Å². The summed E-state index contributed by atoms with van der Waals surface area (Å²) >= 11 is 0. The van der Waals surface area contributed by atoms with E-state index in [2.05, 4.69) is 13.8 Å². The van der Waals surface area contributed by atoms with Gasteiger partial charge in [0.1, 0.15) is 0 Å². The van der Waals surface area contributed by atoms with Crippen molar-refractivity contribution in [2.24, 2.45) is 17.8 Å². The summed E-state index contributed by atoms with van der Waals surface area (Å²) in [6.07, 6.45) is 4.34. The third-order valence-electron chi connectivity index (χ3n) is 3.65. The van der Waals surface area contributed by atoms with Crippen LogP contribution in [0.25, 0.3) is 0 Å². The molecule has 1 aliphatic heterocycles. The molecule has 0 aromatic carbocycles. The third kappa shape index (κ3) is 4.58. The zero-order chi connectivity index (χ0) is 13.5. The normalized spacial score (nSPS) is 25.5. The van der Waals surface area contributed by atoms with Crippen LogP contribution in [0, 0.1) is 17.8 Å². The third-order valence-corrected chi connectivity index (χ3v) is 3.65. The van der Waals surface area contributed by atoms with Crippen LogP contribution >= 0.6 is 0 Å². The largest absolute Gasteiger partial charge is 0.465 e. The van der Waals surface area contributed by atoms with Gasteiger partial charge in [-0.2, -0.15) is 0 Å². The maximum absolute atomic E-state index is 11.5. The highest BCUT2D eigenvalue weighted by Gasteiger charge is 2.40. The van der Waals surface area contributed by atoms with Crippen molar-refractivity contribution in [1.82, 2.24) is 0 Å². The standard InChI is InChI=1S/C14H26O4/c1-10(2)6-4-3-5-7-12(16)13-11(8-15)9-18-14(13)17/h10-13,15-16H,3-9H2,1-2H3/t11-,12-,13+/m1/s1. The smallest absolute Gasteiger partial charge is 0.312 e. The van der Waals surface area contributed by atoms with Gasteiger partial charge in [-0.25, -0.2) is 0 Å². The second-order valence-corrected chi connectivity index (χ2v) is 5.70. The quantitative estimate of drug-likeness (QED) is 0.514. The lowest BCUT2D eigenvalue weighted by Crippen LogP contribution is -2.31. The van der Waals surface area contributed by atoms with Gasteiger partial charge < -0.3 is 14.9 Å². The highest BCUT2D eigenvalue weighted by Crippen LogP contribution is 2.27. The van der Waals surface area contributed by atoms with Crippen LogP contribution in [0.5, 0.6) is 0 Å². The van der Waals surface area contributed by atoms with E-state index >= 15 is 0 Å². The van der Waals surface area contributed by atoms with Crippen LogP contribution in [0.2, 0.25) is 0 Å². The molecule has 1 aliphatic rings. The zero-order valence-electron chi connectivity index (χ0n) is 11.5. The molecule has 1 rings (SSSR count). The number of rotatable bonds is 8. The van der Waals surface area contributed by atoms with Gasteiger partial charge >= 0.3 is 5.97 Å². The van der Waals surface area contributed by atoms with Crippen molar-refractivity contribution < 1.29 is 19.7 Å². The van der Waals surface area contributed by atoms with E-state index in [0.717, 1.165) is 18.8 Å². The molecule has 0 aromatic rings. The maximum atomic E-state index is 11.5. The van der Waals surface area contributed by atoms with Gasteiger partial charge in [0.2, 0.25) is 0 Å². The Labute approximate surface area is 109 Å². The number of aliphatic hydroxyl groups excluding tert-OH is 2. The number of aliphatic hydroxyl groups is 2. The molecule has 2 N–H and O–H groups in total. The summed E-state index contributed by atoms with van der Waals surface area (Å²) in [6, 6.07) is 0. The molecule has 0 aliphatic carbocycles. The van der Waals surface area contributed by atoms with E-state index in [9.17, 15) is 9.90 Å². The Kier molecular flexibility index (Phi) is 6.65. The van der Waals surface area contributed by atoms with Gasteiger partial charge in [0, 0.05) is 5.92 Å². The highest BCUT2D eigenvalue weighted by molar-refractivity contribution is 5.75. The molecule has 3 atom stereocenters. The van der Waals surface area contributed by atoms with Crippen molar-refractivity contribution in [2.75, 3.05) is 13.2 Å². The second kappa shape index (κ2) is 7.74. The Morgan fingerprint density at radius 1 is 1.28 bits per heavy atom. The Morgan fingerprint density at radius 3 is 2.56 bits per heavy atom. The van der Waals surface area contributed by atoms with E-state index in [0.29, 0.717) is 6.42 Å². The summed E-state index contributed by atoms with van der Waals surface area (Å²) < 4.78 is 4.89. The lowest BCUT2D eigenvalue weighted by atomic mass is 9.88. The number of cyclic esters (lactones) is 1. The van der Waals surface area contributed by atoms with Gasteiger partial charge in [0.05, 0.1) is 25.2 Å². The average molecular weight is 258 g/mol. The number of hydrogen-bond acceptors (Lipinski definition) is 4. The Morgan fingerprint density at radius 2 is 1.94 bits per heavy atom. The molecule has 0 amide bonds. The van der Waals surface area contributed by atoms with E-state index in [1.54, 1.807) is 0 Å². The average Bonchev–Trinajstić information content (AvgIpc) is 2.69. The van der Waals surface area contributed by atoms with Gasteiger partial charge in [0.25, 0.3) is 0 Å². The fourth-order valence-electron chi connectivity index (χ4n) is 2.48. The van der Waals surface area contributed by atoms with E-state index in [-0.39, 0.29) is 25.1 Å². The lowest BCUT2D eigenvalue weighted by molar-refractivity contribution is -0.144. The summed E-state index contributed by atoms with van der Waals surface area (Å²) in [5.41, 5.74) is 0. The molecular weight excluding hydrogens is 232 g/mol. The minimum Gasteiger partial charge on any atom is -0.465 e.